The normalized spacial score (nSPS) is 10.3. The van der Waals surface area contributed by atoms with E-state index in [4.69, 9.17) is 16.3 Å². The fraction of sp³-hybridized carbons (Fsp3) is 0.500. The van der Waals surface area contributed by atoms with Crippen LogP contribution in [0.1, 0.15) is 4.88 Å². The minimum Gasteiger partial charge on any atom is -0.380 e. The summed E-state index contributed by atoms with van der Waals surface area (Å²) in [7, 11) is 0. The van der Waals surface area contributed by atoms with Crippen LogP contribution >= 0.6 is 22.9 Å². The van der Waals surface area contributed by atoms with Crippen molar-refractivity contribution in [3.63, 3.8) is 0 Å². The Morgan fingerprint density at radius 3 is 3.00 bits per heavy atom. The molecular weight excluding hydrogens is 180 g/mol. The molecule has 0 amide bonds. The molecule has 0 aliphatic rings. The lowest BCUT2D eigenvalue weighted by atomic mass is 10.4. The molecular formula is C8H11ClOS. The van der Waals surface area contributed by atoms with Crippen molar-refractivity contribution < 1.29 is 4.74 Å². The molecule has 0 bridgehead atoms. The molecule has 62 valence electrons. The molecule has 0 N–H and O–H groups in total. The quantitative estimate of drug-likeness (QED) is 0.512. The van der Waals surface area contributed by atoms with E-state index in [9.17, 15) is 0 Å². The van der Waals surface area contributed by atoms with Crippen LogP contribution in [0.4, 0.5) is 0 Å². The van der Waals surface area contributed by atoms with Crippen LogP contribution in [-0.2, 0) is 11.2 Å². The van der Waals surface area contributed by atoms with Gasteiger partial charge in [0.15, 0.2) is 0 Å². The number of alkyl halides is 1. The second-order valence-corrected chi connectivity index (χ2v) is 3.54. The molecule has 1 nitrogen and oxygen atoms in total. The van der Waals surface area contributed by atoms with Crippen molar-refractivity contribution in [1.82, 2.24) is 0 Å². The van der Waals surface area contributed by atoms with Crippen LogP contribution in [-0.4, -0.2) is 19.1 Å². The molecule has 0 unspecified atom stereocenters. The Morgan fingerprint density at radius 1 is 1.45 bits per heavy atom. The molecule has 11 heavy (non-hydrogen) atoms. The molecule has 0 radical (unpaired) electrons. The smallest absolute Gasteiger partial charge is 0.0601 e. The van der Waals surface area contributed by atoms with Gasteiger partial charge in [0.25, 0.3) is 0 Å². The standard InChI is InChI=1S/C8H11ClOS/c9-4-6-10-5-3-8-2-1-7-11-8/h1-2,7H,3-6H2. The molecule has 0 saturated carbocycles. The maximum absolute atomic E-state index is 5.44. The summed E-state index contributed by atoms with van der Waals surface area (Å²) < 4.78 is 5.23. The van der Waals surface area contributed by atoms with Gasteiger partial charge >= 0.3 is 0 Å². The maximum atomic E-state index is 5.44. The van der Waals surface area contributed by atoms with Crippen molar-refractivity contribution in [2.45, 2.75) is 6.42 Å². The molecule has 0 spiro atoms. The third-order valence-electron chi connectivity index (χ3n) is 1.29. The van der Waals surface area contributed by atoms with E-state index in [-0.39, 0.29) is 0 Å². The monoisotopic (exact) mass is 190 g/mol. The van der Waals surface area contributed by atoms with Crippen LogP contribution in [0.5, 0.6) is 0 Å². The first-order valence-corrected chi connectivity index (χ1v) is 5.01. The highest BCUT2D eigenvalue weighted by Crippen LogP contribution is 2.08. The van der Waals surface area contributed by atoms with Gasteiger partial charge in [0, 0.05) is 17.2 Å². The van der Waals surface area contributed by atoms with Crippen molar-refractivity contribution >= 4 is 22.9 Å². The molecule has 1 rings (SSSR count). The first-order valence-electron chi connectivity index (χ1n) is 3.59. The summed E-state index contributed by atoms with van der Waals surface area (Å²) in [5, 5.41) is 2.08. The highest BCUT2D eigenvalue weighted by molar-refractivity contribution is 7.09. The SMILES string of the molecule is ClCCOCCc1cccs1. The molecule has 3 heteroatoms. The molecule has 0 saturated heterocycles. The van der Waals surface area contributed by atoms with Gasteiger partial charge in [0.2, 0.25) is 0 Å². The number of halogens is 1. The first-order chi connectivity index (χ1) is 5.43. The van der Waals surface area contributed by atoms with Gasteiger partial charge in [0.05, 0.1) is 13.2 Å². The third kappa shape index (κ3) is 3.75. The number of rotatable bonds is 5. The largest absolute Gasteiger partial charge is 0.380 e. The topological polar surface area (TPSA) is 9.23 Å². The fourth-order valence-corrected chi connectivity index (χ4v) is 1.58. The maximum Gasteiger partial charge on any atom is 0.0601 e. The van der Waals surface area contributed by atoms with Gasteiger partial charge in [-0.05, 0) is 11.4 Å². The summed E-state index contributed by atoms with van der Waals surface area (Å²) in [4.78, 5) is 1.37. The zero-order valence-electron chi connectivity index (χ0n) is 6.25. The second kappa shape index (κ2) is 5.58. The minimum absolute atomic E-state index is 0.588. The first kappa shape index (κ1) is 9.04. The van der Waals surface area contributed by atoms with E-state index >= 15 is 0 Å². The van der Waals surface area contributed by atoms with Crippen LogP contribution in [0.15, 0.2) is 17.5 Å². The Labute approximate surface area is 75.9 Å². The number of hydrogen-bond donors (Lipinski definition) is 0. The van der Waals surface area contributed by atoms with E-state index in [1.807, 2.05) is 0 Å². The average Bonchev–Trinajstić information content (AvgIpc) is 2.50. The molecule has 1 heterocycles. The third-order valence-corrected chi connectivity index (χ3v) is 2.38. The van der Waals surface area contributed by atoms with Gasteiger partial charge in [-0.25, -0.2) is 0 Å². The van der Waals surface area contributed by atoms with E-state index in [1.54, 1.807) is 11.3 Å². The summed E-state index contributed by atoms with van der Waals surface area (Å²) in [6.45, 7) is 1.44. The summed E-state index contributed by atoms with van der Waals surface area (Å²) in [6, 6.07) is 4.18. The van der Waals surface area contributed by atoms with Crippen LogP contribution < -0.4 is 0 Å². The predicted octanol–water partition coefficient (Wildman–Crippen LogP) is 2.55. The van der Waals surface area contributed by atoms with Gasteiger partial charge < -0.3 is 4.74 Å². The molecule has 0 fully saturated rings. The van der Waals surface area contributed by atoms with E-state index in [1.165, 1.54) is 4.88 Å². The average molecular weight is 191 g/mol. The number of hydrogen-bond acceptors (Lipinski definition) is 2. The number of ether oxygens (including phenoxy) is 1. The highest BCUT2D eigenvalue weighted by atomic mass is 35.5. The highest BCUT2D eigenvalue weighted by Gasteiger charge is 1.92. The summed E-state index contributed by atoms with van der Waals surface area (Å²) in [6.07, 6.45) is 1.01. The summed E-state index contributed by atoms with van der Waals surface area (Å²) in [5.41, 5.74) is 0. The Morgan fingerprint density at radius 2 is 2.36 bits per heavy atom. The van der Waals surface area contributed by atoms with Gasteiger partial charge in [-0.15, -0.1) is 22.9 Å². The lowest BCUT2D eigenvalue weighted by Gasteiger charge is -1.98. The lowest BCUT2D eigenvalue weighted by Crippen LogP contribution is -1.99. The molecule has 0 atom stereocenters. The van der Waals surface area contributed by atoms with E-state index in [0.717, 1.165) is 13.0 Å². The minimum atomic E-state index is 0.588. The Kier molecular flexibility index (Phi) is 4.59. The Balaban J connectivity index is 2.04. The fourth-order valence-electron chi connectivity index (χ4n) is 0.784. The molecule has 1 aromatic heterocycles. The van der Waals surface area contributed by atoms with Crippen LogP contribution in [0.25, 0.3) is 0 Å². The van der Waals surface area contributed by atoms with Crippen molar-refractivity contribution in [2.24, 2.45) is 0 Å². The zero-order valence-corrected chi connectivity index (χ0v) is 7.83. The van der Waals surface area contributed by atoms with E-state index in [0.29, 0.717) is 12.5 Å². The Bertz CT molecular complexity index is 174. The van der Waals surface area contributed by atoms with Crippen LogP contribution in [0.3, 0.4) is 0 Å². The van der Waals surface area contributed by atoms with E-state index < -0.39 is 0 Å². The number of thiophene rings is 1. The summed E-state index contributed by atoms with van der Waals surface area (Å²) >= 11 is 7.21. The molecule has 0 aliphatic heterocycles. The van der Waals surface area contributed by atoms with Gasteiger partial charge in [0.1, 0.15) is 0 Å². The van der Waals surface area contributed by atoms with Crippen LogP contribution in [0.2, 0.25) is 0 Å². The van der Waals surface area contributed by atoms with Crippen molar-refractivity contribution in [1.29, 1.82) is 0 Å². The van der Waals surface area contributed by atoms with Gasteiger partial charge in [-0.1, -0.05) is 6.07 Å². The molecule has 0 aromatic carbocycles. The molecule has 0 aliphatic carbocycles. The van der Waals surface area contributed by atoms with Crippen molar-refractivity contribution in [2.75, 3.05) is 19.1 Å². The van der Waals surface area contributed by atoms with E-state index in [2.05, 4.69) is 17.5 Å². The summed E-state index contributed by atoms with van der Waals surface area (Å²) in [5.74, 6) is 0.588. The van der Waals surface area contributed by atoms with Crippen molar-refractivity contribution in [3.8, 4) is 0 Å². The van der Waals surface area contributed by atoms with Crippen molar-refractivity contribution in [3.05, 3.63) is 22.4 Å². The van der Waals surface area contributed by atoms with Gasteiger partial charge in [-0.2, -0.15) is 0 Å². The Hall–Kier alpha value is -0.0500. The second-order valence-electron chi connectivity index (χ2n) is 2.13. The van der Waals surface area contributed by atoms with Crippen LogP contribution in [0, 0.1) is 0 Å². The molecule has 1 aromatic rings. The predicted molar refractivity (Wildman–Crippen MR) is 49.6 cm³/mol. The lowest BCUT2D eigenvalue weighted by molar-refractivity contribution is 0.153. The van der Waals surface area contributed by atoms with Gasteiger partial charge in [-0.3, -0.25) is 0 Å². The zero-order chi connectivity index (χ0) is 7.94.